The van der Waals surface area contributed by atoms with Crippen molar-refractivity contribution in [3.63, 3.8) is 0 Å². The van der Waals surface area contributed by atoms with Crippen LogP contribution in [-0.2, 0) is 0 Å². The van der Waals surface area contributed by atoms with E-state index >= 15 is 0 Å². The number of hydrogen-bond acceptors (Lipinski definition) is 1. The summed E-state index contributed by atoms with van der Waals surface area (Å²) in [7, 11) is 0. The maximum atomic E-state index is 2.34. The van der Waals surface area contributed by atoms with Crippen LogP contribution >= 0.6 is 0 Å². The first-order valence-corrected chi connectivity index (χ1v) is 24.2. The van der Waals surface area contributed by atoms with Gasteiger partial charge in [0.2, 0.25) is 0 Å². The molecule has 0 spiro atoms. The third kappa shape index (κ3) is 38.4. The third-order valence-electron chi connectivity index (χ3n) is 11.9. The topological polar surface area (TPSA) is 30.0 Å². The predicted molar refractivity (Wildman–Crippen MR) is 235 cm³/mol. The molecule has 0 fully saturated rings. The minimum absolute atomic E-state index is 0. The van der Waals surface area contributed by atoms with Crippen molar-refractivity contribution in [2.75, 3.05) is 52.4 Å². The Bertz CT molecular complexity index is 456. The Kier molecular flexibility index (Phi) is 53.6. The minimum atomic E-state index is 0. The van der Waals surface area contributed by atoms with Gasteiger partial charge < -0.3 is 26.8 Å². The van der Waals surface area contributed by atoms with Gasteiger partial charge in [0.1, 0.15) is 0 Å². The molecule has 0 bridgehead atoms. The van der Waals surface area contributed by atoms with E-state index in [4.69, 9.17) is 0 Å². The van der Waals surface area contributed by atoms with Gasteiger partial charge in [0.25, 0.3) is 0 Å². The van der Waals surface area contributed by atoms with E-state index in [2.05, 4.69) is 55.4 Å². The van der Waals surface area contributed by atoms with Gasteiger partial charge >= 0.3 is 0 Å². The van der Waals surface area contributed by atoms with Crippen molar-refractivity contribution < 1.29 is 26.8 Å². The van der Waals surface area contributed by atoms with E-state index in [-0.39, 0.29) is 17.9 Å². The molecule has 0 saturated heterocycles. The van der Waals surface area contributed by atoms with Crippen LogP contribution in [0.25, 0.3) is 0 Å². The molecule has 0 saturated carbocycles. The van der Waals surface area contributed by atoms with Gasteiger partial charge in [0.15, 0.2) is 0 Å². The fourth-order valence-corrected chi connectivity index (χ4v) is 8.33. The number of halogens is 1. The summed E-state index contributed by atoms with van der Waals surface area (Å²) in [6.07, 6.45) is 45.7. The lowest BCUT2D eigenvalue weighted by atomic mass is 10.1. The summed E-state index contributed by atoms with van der Waals surface area (Å²) in [4.78, 5) is 0. The molecule has 0 rings (SSSR count). The quantitative estimate of drug-likeness (QED) is 0.0452. The van der Waals surface area contributed by atoms with Crippen LogP contribution in [-0.4, -0.2) is 66.8 Å². The maximum absolute atomic E-state index is 2.34. The number of hydrogen-bond donors (Lipinski definition) is 0. The van der Waals surface area contributed by atoms with E-state index in [1.807, 2.05) is 0 Å². The summed E-state index contributed by atoms with van der Waals surface area (Å²) >= 11 is 0. The molecule has 0 amide bonds. The van der Waals surface area contributed by atoms with Crippen LogP contribution in [0, 0.1) is 0 Å². The minimum Gasteiger partial charge on any atom is -1.00 e. The standard InChI is InChI=1S/2C24H52N.ClH.H2O/c2*1-5-9-13-17-21-25(22-18-14-10-6-2,23-19-15-11-7-3)24-20-16-12-8-4;;/h2*5-24H2,1-4H3;1H;1H2/q2*+1;;/p-2. The van der Waals surface area contributed by atoms with Gasteiger partial charge in [-0.2, -0.15) is 0 Å². The number of rotatable bonds is 40. The molecule has 0 radical (unpaired) electrons. The van der Waals surface area contributed by atoms with Crippen molar-refractivity contribution in [3.8, 4) is 0 Å². The summed E-state index contributed by atoms with van der Waals surface area (Å²) in [6.45, 7) is 30.4. The lowest BCUT2D eigenvalue weighted by Crippen LogP contribution is -3.00. The second-order valence-corrected chi connectivity index (χ2v) is 17.0. The average molecular weight is 762 g/mol. The third-order valence-corrected chi connectivity index (χ3v) is 11.9. The molecule has 3 nitrogen and oxygen atoms in total. The first-order valence-electron chi connectivity index (χ1n) is 24.2. The Morgan fingerprint density at radius 2 is 0.308 bits per heavy atom. The molecular formula is C48H105ClN2O. The fraction of sp³-hybridized carbons (Fsp3) is 1.00. The van der Waals surface area contributed by atoms with Gasteiger partial charge in [-0.1, -0.05) is 158 Å². The van der Waals surface area contributed by atoms with Crippen molar-refractivity contribution in [1.82, 2.24) is 0 Å². The molecule has 0 aromatic heterocycles. The van der Waals surface area contributed by atoms with Crippen LogP contribution in [0.4, 0.5) is 0 Å². The molecule has 0 unspecified atom stereocenters. The summed E-state index contributed by atoms with van der Waals surface area (Å²) in [6, 6.07) is 0. The second kappa shape index (κ2) is 47.3. The Hall–Kier alpha value is 0.170. The summed E-state index contributed by atoms with van der Waals surface area (Å²) in [5, 5.41) is 0. The van der Waals surface area contributed by atoms with Gasteiger partial charge in [-0.3, -0.25) is 0 Å². The van der Waals surface area contributed by atoms with Crippen LogP contribution in [0.2, 0.25) is 0 Å². The summed E-state index contributed by atoms with van der Waals surface area (Å²) in [5.74, 6) is 0. The Morgan fingerprint density at radius 1 is 0.192 bits per heavy atom. The predicted octanol–water partition coefficient (Wildman–Crippen LogP) is 13.1. The van der Waals surface area contributed by atoms with Gasteiger partial charge in [-0.15, -0.1) is 0 Å². The molecule has 320 valence electrons. The number of unbranched alkanes of at least 4 members (excludes halogenated alkanes) is 24. The molecule has 52 heavy (non-hydrogen) atoms. The van der Waals surface area contributed by atoms with Crippen LogP contribution in [0.3, 0.4) is 0 Å². The molecule has 0 aromatic carbocycles. The highest BCUT2D eigenvalue weighted by atomic mass is 35.5. The maximum Gasteiger partial charge on any atom is 0.0786 e. The molecule has 0 aliphatic rings. The van der Waals surface area contributed by atoms with Crippen molar-refractivity contribution in [2.24, 2.45) is 0 Å². The normalized spacial score (nSPS) is 11.5. The van der Waals surface area contributed by atoms with Crippen molar-refractivity contribution in [1.29, 1.82) is 0 Å². The molecule has 0 atom stereocenters. The van der Waals surface area contributed by atoms with Gasteiger partial charge in [0, 0.05) is 0 Å². The van der Waals surface area contributed by atoms with E-state index < -0.39 is 0 Å². The van der Waals surface area contributed by atoms with E-state index in [0.29, 0.717) is 0 Å². The van der Waals surface area contributed by atoms with E-state index in [0.717, 1.165) is 0 Å². The SMILES string of the molecule is CCCCCC[N+](CCCCCC)(CCCCCC)CCCCCC.CCCCCC[N+](CCCCCC)(CCCCCC)CCCCCC.[Cl-].[OH-]. The molecule has 4 heteroatoms. The molecular weight excluding hydrogens is 656 g/mol. The van der Waals surface area contributed by atoms with Gasteiger partial charge in [-0.05, 0) is 103 Å². The van der Waals surface area contributed by atoms with E-state index in [9.17, 15) is 0 Å². The zero-order valence-corrected chi connectivity index (χ0v) is 38.8. The van der Waals surface area contributed by atoms with Crippen molar-refractivity contribution >= 4 is 0 Å². The monoisotopic (exact) mass is 761 g/mol. The van der Waals surface area contributed by atoms with E-state index in [1.165, 1.54) is 267 Å². The van der Waals surface area contributed by atoms with Crippen LogP contribution < -0.4 is 12.4 Å². The van der Waals surface area contributed by atoms with Crippen LogP contribution in [0.5, 0.6) is 0 Å². The summed E-state index contributed by atoms with van der Waals surface area (Å²) in [5.41, 5.74) is 0. The molecule has 0 heterocycles. The van der Waals surface area contributed by atoms with Crippen molar-refractivity contribution in [2.45, 2.75) is 261 Å². The highest BCUT2D eigenvalue weighted by Crippen LogP contribution is 2.21. The summed E-state index contributed by atoms with van der Waals surface area (Å²) < 4.78 is 2.92. The first kappa shape index (κ1) is 58.9. The van der Waals surface area contributed by atoms with Crippen LogP contribution in [0.15, 0.2) is 0 Å². The number of quaternary nitrogens is 2. The Balaban J connectivity index is -0.000000427. The second-order valence-electron chi connectivity index (χ2n) is 17.0. The Morgan fingerprint density at radius 3 is 0.404 bits per heavy atom. The lowest BCUT2D eigenvalue weighted by molar-refractivity contribution is -0.929. The highest BCUT2D eigenvalue weighted by Gasteiger charge is 2.27. The molecule has 0 aliphatic carbocycles. The zero-order chi connectivity index (χ0) is 37.3. The van der Waals surface area contributed by atoms with E-state index in [1.54, 1.807) is 0 Å². The molecule has 0 aromatic rings. The lowest BCUT2D eigenvalue weighted by Gasteiger charge is -2.39. The van der Waals surface area contributed by atoms with Crippen LogP contribution in [0.1, 0.15) is 261 Å². The zero-order valence-electron chi connectivity index (χ0n) is 38.0. The smallest absolute Gasteiger partial charge is 0.0786 e. The van der Waals surface area contributed by atoms with Crippen molar-refractivity contribution in [3.05, 3.63) is 0 Å². The average Bonchev–Trinajstić information content (AvgIpc) is 3.13. The largest absolute Gasteiger partial charge is 1.00 e. The van der Waals surface area contributed by atoms with Gasteiger partial charge in [-0.25, -0.2) is 0 Å². The number of nitrogens with zero attached hydrogens (tertiary/aromatic N) is 2. The Labute approximate surface area is 338 Å². The first-order chi connectivity index (χ1) is 24.5. The molecule has 1 N–H and O–H groups in total. The van der Waals surface area contributed by atoms with Gasteiger partial charge in [0.05, 0.1) is 52.4 Å². The fourth-order valence-electron chi connectivity index (χ4n) is 8.33. The molecule has 0 aliphatic heterocycles. The highest BCUT2D eigenvalue weighted by molar-refractivity contribution is 4.55.